The molecule has 0 aliphatic carbocycles. The van der Waals surface area contributed by atoms with Gasteiger partial charge in [0.2, 0.25) is 0 Å². The molecule has 1 N–H and O–H groups in total. The highest BCUT2D eigenvalue weighted by atomic mass is 16.5. The zero-order chi connectivity index (χ0) is 13.3. The van der Waals surface area contributed by atoms with Crippen molar-refractivity contribution in [2.45, 2.75) is 26.7 Å². The van der Waals surface area contributed by atoms with Crippen LogP contribution in [0, 0.1) is 6.92 Å². The van der Waals surface area contributed by atoms with Gasteiger partial charge in [0.05, 0.1) is 0 Å². The van der Waals surface area contributed by atoms with E-state index in [0.29, 0.717) is 11.7 Å². The zero-order valence-corrected chi connectivity index (χ0v) is 10.6. The third kappa shape index (κ3) is 2.27. The van der Waals surface area contributed by atoms with Crippen molar-refractivity contribution in [3.63, 3.8) is 0 Å². The summed E-state index contributed by atoms with van der Waals surface area (Å²) in [6.45, 7) is 6.18. The molecule has 0 atom stereocenters. The minimum atomic E-state index is -1.08. The van der Waals surface area contributed by atoms with Crippen LogP contribution in [-0.4, -0.2) is 16.2 Å². The minimum absolute atomic E-state index is 0.0700. The van der Waals surface area contributed by atoms with Crippen molar-refractivity contribution in [2.75, 3.05) is 0 Å². The van der Waals surface area contributed by atoms with Gasteiger partial charge < -0.3 is 9.63 Å². The molecule has 0 radical (unpaired) electrons. The van der Waals surface area contributed by atoms with Crippen molar-refractivity contribution in [3.05, 3.63) is 41.1 Å². The van der Waals surface area contributed by atoms with Gasteiger partial charge in [0.15, 0.2) is 11.5 Å². The fourth-order valence-electron chi connectivity index (χ4n) is 1.77. The zero-order valence-electron chi connectivity index (χ0n) is 10.6. The minimum Gasteiger partial charge on any atom is -0.476 e. The summed E-state index contributed by atoms with van der Waals surface area (Å²) in [5.41, 5.74) is 3.04. The lowest BCUT2D eigenvalue weighted by Crippen LogP contribution is -1.94. The highest BCUT2D eigenvalue weighted by Crippen LogP contribution is 2.28. The summed E-state index contributed by atoms with van der Waals surface area (Å²) in [5.74, 6) is -0.179. The number of benzene rings is 1. The molecule has 4 nitrogen and oxygen atoms in total. The first-order chi connectivity index (χ1) is 8.49. The number of aryl methyl sites for hydroxylation is 1. The predicted molar refractivity (Wildman–Crippen MR) is 67.7 cm³/mol. The van der Waals surface area contributed by atoms with Crippen LogP contribution >= 0.6 is 0 Å². The Morgan fingerprint density at radius 3 is 2.61 bits per heavy atom. The second-order valence-corrected chi connectivity index (χ2v) is 4.61. The largest absolute Gasteiger partial charge is 0.476 e. The van der Waals surface area contributed by atoms with E-state index in [2.05, 4.69) is 25.1 Å². The first-order valence-corrected chi connectivity index (χ1v) is 5.80. The van der Waals surface area contributed by atoms with Crippen LogP contribution in [0.2, 0.25) is 0 Å². The summed E-state index contributed by atoms with van der Waals surface area (Å²) in [6.07, 6.45) is 0. The van der Waals surface area contributed by atoms with Crippen molar-refractivity contribution in [1.29, 1.82) is 0 Å². The quantitative estimate of drug-likeness (QED) is 0.899. The molecule has 0 fully saturated rings. The number of hydrogen-bond acceptors (Lipinski definition) is 3. The van der Waals surface area contributed by atoms with E-state index < -0.39 is 5.97 Å². The Kier molecular flexibility index (Phi) is 3.19. The predicted octanol–water partition coefficient (Wildman–Crippen LogP) is 3.47. The van der Waals surface area contributed by atoms with Crippen molar-refractivity contribution in [3.8, 4) is 11.3 Å². The maximum atomic E-state index is 10.8. The average molecular weight is 245 g/mol. The van der Waals surface area contributed by atoms with Crippen LogP contribution in [0.15, 0.2) is 28.8 Å². The molecule has 0 spiro atoms. The smallest absolute Gasteiger partial charge is 0.358 e. The van der Waals surface area contributed by atoms with Crippen LogP contribution in [0.3, 0.4) is 0 Å². The van der Waals surface area contributed by atoms with Crippen LogP contribution in [0.4, 0.5) is 0 Å². The van der Waals surface area contributed by atoms with Gasteiger partial charge in [-0.1, -0.05) is 31.1 Å². The van der Waals surface area contributed by atoms with Gasteiger partial charge >= 0.3 is 5.97 Å². The molecule has 0 saturated carbocycles. The van der Waals surface area contributed by atoms with Crippen LogP contribution in [0.1, 0.15) is 41.4 Å². The number of rotatable bonds is 3. The Morgan fingerprint density at radius 1 is 1.33 bits per heavy atom. The van der Waals surface area contributed by atoms with E-state index in [4.69, 9.17) is 9.63 Å². The van der Waals surface area contributed by atoms with Crippen LogP contribution < -0.4 is 0 Å². The second kappa shape index (κ2) is 4.64. The molecule has 0 saturated heterocycles. The molecule has 1 heterocycles. The fraction of sp³-hybridized carbons (Fsp3) is 0.286. The number of carboxylic acid groups (broad SMARTS) is 1. The molecule has 1 aromatic heterocycles. The Bertz CT molecular complexity index is 584. The molecule has 0 unspecified atom stereocenters. The summed E-state index contributed by atoms with van der Waals surface area (Å²) >= 11 is 0. The monoisotopic (exact) mass is 245 g/mol. The number of nitrogens with zero attached hydrogens (tertiary/aromatic N) is 1. The molecule has 4 heteroatoms. The highest BCUT2D eigenvalue weighted by Gasteiger charge is 2.14. The number of aromatic nitrogens is 1. The first kappa shape index (κ1) is 12.4. The van der Waals surface area contributed by atoms with E-state index >= 15 is 0 Å². The van der Waals surface area contributed by atoms with Crippen molar-refractivity contribution in [1.82, 2.24) is 5.16 Å². The third-order valence-electron chi connectivity index (χ3n) is 2.92. The van der Waals surface area contributed by atoms with Crippen LogP contribution in [0.25, 0.3) is 11.3 Å². The highest BCUT2D eigenvalue weighted by molar-refractivity contribution is 5.86. The molecular weight excluding hydrogens is 230 g/mol. The lowest BCUT2D eigenvalue weighted by Gasteiger charge is -2.08. The first-order valence-electron chi connectivity index (χ1n) is 5.80. The van der Waals surface area contributed by atoms with Crippen LogP contribution in [-0.2, 0) is 0 Å². The number of carboxylic acids is 1. The summed E-state index contributed by atoms with van der Waals surface area (Å²) in [7, 11) is 0. The summed E-state index contributed by atoms with van der Waals surface area (Å²) < 4.78 is 5.10. The van der Waals surface area contributed by atoms with Gasteiger partial charge in [0, 0.05) is 11.6 Å². The molecule has 2 rings (SSSR count). The van der Waals surface area contributed by atoms with Gasteiger partial charge in [-0.3, -0.25) is 0 Å². The van der Waals surface area contributed by atoms with Crippen LogP contribution in [0.5, 0.6) is 0 Å². The van der Waals surface area contributed by atoms with Gasteiger partial charge in [-0.25, -0.2) is 4.79 Å². The van der Waals surface area contributed by atoms with E-state index in [1.165, 1.54) is 11.6 Å². The molecule has 0 aliphatic heterocycles. The molecule has 0 aliphatic rings. The lowest BCUT2D eigenvalue weighted by molar-refractivity contribution is 0.0686. The van der Waals surface area contributed by atoms with Gasteiger partial charge in [-0.2, -0.15) is 0 Å². The Labute approximate surface area is 105 Å². The summed E-state index contributed by atoms with van der Waals surface area (Å²) in [4.78, 5) is 10.8. The van der Waals surface area contributed by atoms with E-state index in [1.54, 1.807) is 0 Å². The molecule has 0 bridgehead atoms. The number of hydrogen-bond donors (Lipinski definition) is 1. The third-order valence-corrected chi connectivity index (χ3v) is 2.92. The molecular formula is C14H15NO3. The van der Waals surface area contributed by atoms with E-state index in [0.717, 1.165) is 11.1 Å². The van der Waals surface area contributed by atoms with E-state index in [1.807, 2.05) is 19.1 Å². The number of aromatic carboxylic acids is 1. The topological polar surface area (TPSA) is 63.3 Å². The molecule has 0 amide bonds. The normalized spacial score (nSPS) is 10.9. The van der Waals surface area contributed by atoms with Gasteiger partial charge in [0.25, 0.3) is 0 Å². The summed E-state index contributed by atoms with van der Waals surface area (Å²) in [5, 5.41) is 12.4. The lowest BCUT2D eigenvalue weighted by atomic mass is 9.96. The summed E-state index contributed by atoms with van der Waals surface area (Å²) in [6, 6.07) is 7.55. The average Bonchev–Trinajstić information content (AvgIpc) is 2.78. The number of carbonyl (C=O) groups is 1. The van der Waals surface area contributed by atoms with Gasteiger partial charge in [-0.05, 0) is 30.0 Å². The molecule has 18 heavy (non-hydrogen) atoms. The molecule has 1 aromatic carbocycles. The van der Waals surface area contributed by atoms with Crippen molar-refractivity contribution >= 4 is 5.97 Å². The Morgan fingerprint density at radius 2 is 2.06 bits per heavy atom. The maximum absolute atomic E-state index is 10.8. The fourth-order valence-corrected chi connectivity index (χ4v) is 1.77. The standard InChI is InChI=1S/C14H15NO3/c1-8(2)10-5-4-9(3)11(6-10)13-7-12(14(16)17)15-18-13/h4-8H,1-3H3,(H,16,17). The van der Waals surface area contributed by atoms with Crippen molar-refractivity contribution < 1.29 is 14.4 Å². The second-order valence-electron chi connectivity index (χ2n) is 4.61. The van der Waals surface area contributed by atoms with E-state index in [9.17, 15) is 4.79 Å². The van der Waals surface area contributed by atoms with Gasteiger partial charge in [0.1, 0.15) is 0 Å². The van der Waals surface area contributed by atoms with Gasteiger partial charge in [-0.15, -0.1) is 0 Å². The Hall–Kier alpha value is -2.10. The molecule has 94 valence electrons. The maximum Gasteiger partial charge on any atom is 0.358 e. The SMILES string of the molecule is Cc1ccc(C(C)C)cc1-c1cc(C(=O)O)no1. The van der Waals surface area contributed by atoms with E-state index in [-0.39, 0.29) is 5.69 Å². The van der Waals surface area contributed by atoms with Crippen molar-refractivity contribution in [2.24, 2.45) is 0 Å². The molecule has 2 aromatic rings. The Balaban J connectivity index is 2.48.